The summed E-state index contributed by atoms with van der Waals surface area (Å²) in [6.07, 6.45) is -1.03. The Morgan fingerprint density at radius 3 is 2.53 bits per heavy atom. The number of fused-ring (bicyclic) bond motifs is 1. The molecule has 2 N–H and O–H groups in total. The monoisotopic (exact) mass is 271 g/mol. The van der Waals surface area contributed by atoms with E-state index >= 15 is 0 Å². The van der Waals surface area contributed by atoms with Gasteiger partial charge in [0.1, 0.15) is 0 Å². The van der Waals surface area contributed by atoms with Gasteiger partial charge in [-0.25, -0.2) is 0 Å². The molecule has 1 aliphatic heterocycles. The average Bonchev–Trinajstić information content (AvgIpc) is 2.68. The van der Waals surface area contributed by atoms with E-state index in [1.807, 2.05) is 12.1 Å². The normalized spacial score (nSPS) is 17.2. The first kappa shape index (κ1) is 12.3. The smallest absolute Gasteiger partial charge is 0.257 e. The van der Waals surface area contributed by atoms with Crippen LogP contribution in [-0.2, 0) is 4.79 Å². The van der Waals surface area contributed by atoms with Crippen LogP contribution < -0.4 is 5.32 Å². The second-order valence-electron chi connectivity index (χ2n) is 4.56. The van der Waals surface area contributed by atoms with Gasteiger partial charge in [0.15, 0.2) is 6.10 Å². The number of carbonyl (C=O) groups is 1. The Labute approximate surface area is 115 Å². The first-order valence-electron chi connectivity index (χ1n) is 6.01. The minimum absolute atomic E-state index is 0.354. The minimum Gasteiger partial charge on any atom is -0.378 e. The summed E-state index contributed by atoms with van der Waals surface area (Å²) in [7, 11) is 0. The van der Waals surface area contributed by atoms with Gasteiger partial charge in [0.25, 0.3) is 5.91 Å². The van der Waals surface area contributed by atoms with Crippen molar-refractivity contribution in [2.24, 2.45) is 0 Å². The predicted octanol–water partition coefficient (Wildman–Crippen LogP) is 3.13. The SMILES string of the molecule is Cc1ccc(Sc2ccc3c(c2)NC(=O)C3O)cc1. The zero-order valence-electron chi connectivity index (χ0n) is 10.4. The molecule has 0 radical (unpaired) electrons. The molecule has 0 fully saturated rings. The Balaban J connectivity index is 1.86. The lowest BCUT2D eigenvalue weighted by Gasteiger charge is -2.05. The summed E-state index contributed by atoms with van der Waals surface area (Å²) in [5, 5.41) is 12.3. The molecule has 2 aromatic carbocycles. The Kier molecular flexibility index (Phi) is 3.05. The lowest BCUT2D eigenvalue weighted by atomic mass is 10.1. The van der Waals surface area contributed by atoms with E-state index in [1.165, 1.54) is 5.56 Å². The van der Waals surface area contributed by atoms with Gasteiger partial charge in [-0.2, -0.15) is 0 Å². The van der Waals surface area contributed by atoms with E-state index in [4.69, 9.17) is 0 Å². The molecule has 2 aromatic rings. The summed E-state index contributed by atoms with van der Waals surface area (Å²) in [5.41, 5.74) is 2.58. The molecule has 3 rings (SSSR count). The van der Waals surface area contributed by atoms with Gasteiger partial charge in [0, 0.05) is 21.0 Å². The molecule has 1 amide bonds. The Morgan fingerprint density at radius 2 is 1.79 bits per heavy atom. The standard InChI is InChI=1S/C15H13NO2S/c1-9-2-4-10(5-3-9)19-11-6-7-12-13(8-11)16-15(18)14(12)17/h2-8,14,17H,1H3,(H,16,18). The van der Waals surface area contributed by atoms with Crippen molar-refractivity contribution in [1.82, 2.24) is 0 Å². The molecule has 0 aliphatic carbocycles. The van der Waals surface area contributed by atoms with Crippen LogP contribution in [0.5, 0.6) is 0 Å². The van der Waals surface area contributed by atoms with Crippen molar-refractivity contribution in [3.05, 3.63) is 53.6 Å². The number of hydrogen-bond donors (Lipinski definition) is 2. The number of benzene rings is 2. The quantitative estimate of drug-likeness (QED) is 0.882. The maximum atomic E-state index is 11.4. The van der Waals surface area contributed by atoms with E-state index in [0.29, 0.717) is 11.3 Å². The van der Waals surface area contributed by atoms with Gasteiger partial charge in [-0.3, -0.25) is 4.79 Å². The van der Waals surface area contributed by atoms with Gasteiger partial charge in [0.2, 0.25) is 0 Å². The van der Waals surface area contributed by atoms with E-state index in [-0.39, 0.29) is 5.91 Å². The van der Waals surface area contributed by atoms with E-state index in [2.05, 4.69) is 36.5 Å². The number of nitrogens with one attached hydrogen (secondary N) is 1. The van der Waals surface area contributed by atoms with Gasteiger partial charge in [-0.15, -0.1) is 0 Å². The molecule has 0 saturated carbocycles. The molecule has 0 spiro atoms. The van der Waals surface area contributed by atoms with Crippen molar-refractivity contribution in [1.29, 1.82) is 0 Å². The molecule has 3 nitrogen and oxygen atoms in total. The first-order valence-corrected chi connectivity index (χ1v) is 6.82. The molecule has 0 aromatic heterocycles. The Bertz CT molecular complexity index is 637. The highest BCUT2D eigenvalue weighted by Gasteiger charge is 2.28. The third-order valence-electron chi connectivity index (χ3n) is 3.08. The molecular weight excluding hydrogens is 258 g/mol. The third-order valence-corrected chi connectivity index (χ3v) is 4.08. The second kappa shape index (κ2) is 4.72. The molecular formula is C15H13NO2S. The van der Waals surface area contributed by atoms with E-state index in [0.717, 1.165) is 9.79 Å². The highest BCUT2D eigenvalue weighted by Crippen LogP contribution is 2.36. The predicted molar refractivity (Wildman–Crippen MR) is 75.3 cm³/mol. The fraction of sp³-hybridized carbons (Fsp3) is 0.133. The van der Waals surface area contributed by atoms with Gasteiger partial charge in [0.05, 0.1) is 0 Å². The van der Waals surface area contributed by atoms with E-state index in [1.54, 1.807) is 17.8 Å². The van der Waals surface area contributed by atoms with Gasteiger partial charge in [-0.05, 0) is 31.2 Å². The minimum atomic E-state index is -1.03. The topological polar surface area (TPSA) is 49.3 Å². The largest absolute Gasteiger partial charge is 0.378 e. The number of anilines is 1. The van der Waals surface area contributed by atoms with Gasteiger partial charge in [-0.1, -0.05) is 35.5 Å². The highest BCUT2D eigenvalue weighted by molar-refractivity contribution is 7.99. The van der Waals surface area contributed by atoms with E-state index in [9.17, 15) is 9.90 Å². The first-order chi connectivity index (χ1) is 9.13. The van der Waals surface area contributed by atoms with Crippen molar-refractivity contribution in [2.75, 3.05) is 5.32 Å². The van der Waals surface area contributed by atoms with Gasteiger partial charge < -0.3 is 10.4 Å². The number of aliphatic hydroxyl groups is 1. The zero-order valence-corrected chi connectivity index (χ0v) is 11.2. The van der Waals surface area contributed by atoms with Crippen LogP contribution in [0.4, 0.5) is 5.69 Å². The summed E-state index contributed by atoms with van der Waals surface area (Å²) in [4.78, 5) is 13.6. The number of hydrogen-bond acceptors (Lipinski definition) is 3. The maximum Gasteiger partial charge on any atom is 0.257 e. The summed E-state index contributed by atoms with van der Waals surface area (Å²) < 4.78 is 0. The number of carbonyl (C=O) groups excluding carboxylic acids is 1. The second-order valence-corrected chi connectivity index (χ2v) is 5.70. The lowest BCUT2D eigenvalue weighted by molar-refractivity contribution is -0.123. The van der Waals surface area contributed by atoms with Crippen LogP contribution in [0.2, 0.25) is 0 Å². The van der Waals surface area contributed by atoms with Crippen molar-refractivity contribution >= 4 is 23.4 Å². The molecule has 0 bridgehead atoms. The summed E-state index contributed by atoms with van der Waals surface area (Å²) in [6, 6.07) is 13.9. The summed E-state index contributed by atoms with van der Waals surface area (Å²) in [5.74, 6) is -0.354. The number of aryl methyl sites for hydroxylation is 1. The number of amides is 1. The Morgan fingerprint density at radius 1 is 1.11 bits per heavy atom. The van der Waals surface area contributed by atoms with Crippen molar-refractivity contribution in [3.63, 3.8) is 0 Å². The fourth-order valence-electron chi connectivity index (χ4n) is 2.03. The molecule has 1 unspecified atom stereocenters. The molecule has 0 saturated heterocycles. The highest BCUT2D eigenvalue weighted by atomic mass is 32.2. The summed E-state index contributed by atoms with van der Waals surface area (Å²) >= 11 is 1.63. The molecule has 96 valence electrons. The van der Waals surface area contributed by atoms with Crippen LogP contribution in [0.15, 0.2) is 52.3 Å². The molecule has 4 heteroatoms. The van der Waals surface area contributed by atoms with Crippen LogP contribution in [0.1, 0.15) is 17.2 Å². The lowest BCUT2D eigenvalue weighted by Crippen LogP contribution is -2.10. The van der Waals surface area contributed by atoms with Crippen LogP contribution in [0.3, 0.4) is 0 Å². The molecule has 19 heavy (non-hydrogen) atoms. The van der Waals surface area contributed by atoms with Crippen LogP contribution in [0.25, 0.3) is 0 Å². The van der Waals surface area contributed by atoms with Crippen molar-refractivity contribution < 1.29 is 9.90 Å². The average molecular weight is 271 g/mol. The van der Waals surface area contributed by atoms with Crippen molar-refractivity contribution in [3.8, 4) is 0 Å². The summed E-state index contributed by atoms with van der Waals surface area (Å²) in [6.45, 7) is 2.06. The van der Waals surface area contributed by atoms with Gasteiger partial charge >= 0.3 is 0 Å². The zero-order chi connectivity index (χ0) is 13.4. The third kappa shape index (κ3) is 2.37. The fourth-order valence-corrected chi connectivity index (χ4v) is 2.89. The molecule has 1 heterocycles. The number of rotatable bonds is 2. The van der Waals surface area contributed by atoms with Crippen LogP contribution >= 0.6 is 11.8 Å². The molecule has 1 aliphatic rings. The number of aliphatic hydroxyl groups excluding tert-OH is 1. The maximum absolute atomic E-state index is 11.4. The van der Waals surface area contributed by atoms with E-state index < -0.39 is 6.10 Å². The Hall–Kier alpha value is -1.78. The molecule has 1 atom stereocenters. The van der Waals surface area contributed by atoms with Crippen LogP contribution in [0, 0.1) is 6.92 Å². The van der Waals surface area contributed by atoms with Crippen molar-refractivity contribution in [2.45, 2.75) is 22.8 Å². The van der Waals surface area contributed by atoms with Crippen LogP contribution in [-0.4, -0.2) is 11.0 Å².